The number of carboxylic acids is 1. The molecule has 0 aromatic rings. The van der Waals surface area contributed by atoms with Crippen molar-refractivity contribution in [3.63, 3.8) is 0 Å². The average molecular weight is 435 g/mol. The fraction of sp³-hybridized carbons (Fsp3) is 0.833. The molecule has 27 heavy (non-hydrogen) atoms. The van der Waals surface area contributed by atoms with Gasteiger partial charge in [0.25, 0.3) is 0 Å². The Balaban J connectivity index is -0.000000844. The number of carbonyl (C=O) groups is 1. The second-order valence-electron chi connectivity index (χ2n) is 6.34. The number of aliphatic carboxylic acids is 1. The van der Waals surface area contributed by atoms with Gasteiger partial charge < -0.3 is 14.8 Å². The van der Waals surface area contributed by atoms with E-state index >= 15 is 0 Å². The number of unbranched alkanes of at least 4 members (excludes halogenated alkanes) is 8. The summed E-state index contributed by atoms with van der Waals surface area (Å²) >= 11 is 0. The van der Waals surface area contributed by atoms with E-state index in [9.17, 15) is 9.90 Å². The second kappa shape index (κ2) is 23.0. The van der Waals surface area contributed by atoms with Crippen LogP contribution in [0.3, 0.4) is 0 Å². The first-order valence-corrected chi connectivity index (χ1v) is 10.8. The Hall–Kier alpha value is 0.676. The summed E-state index contributed by atoms with van der Waals surface area (Å²) in [5.74, 6) is -0.689. The molecule has 0 saturated heterocycles. The van der Waals surface area contributed by atoms with Gasteiger partial charge in [0, 0.05) is 6.42 Å². The van der Waals surface area contributed by atoms with Gasteiger partial charge in [0.05, 0.1) is 6.10 Å². The first kappa shape index (κ1) is 32.3. The van der Waals surface area contributed by atoms with Crippen molar-refractivity contribution >= 4 is 16.4 Å². The van der Waals surface area contributed by atoms with E-state index in [0.717, 1.165) is 51.4 Å². The molecule has 9 heteroatoms. The number of carboxylic acid groups (broad SMARTS) is 1. The zero-order valence-corrected chi connectivity index (χ0v) is 20.7. The molecule has 0 aliphatic heterocycles. The normalized spacial score (nSPS) is 12.1. The molecule has 0 bridgehead atoms. The Morgan fingerprint density at radius 3 is 2.07 bits per heavy atom. The average Bonchev–Trinajstić information content (AvgIpc) is 2.51. The van der Waals surface area contributed by atoms with Gasteiger partial charge in [-0.25, -0.2) is 8.42 Å². The molecule has 0 radical (unpaired) electrons. The fourth-order valence-electron chi connectivity index (χ4n) is 2.36. The van der Waals surface area contributed by atoms with Gasteiger partial charge in [-0.15, -0.1) is 0 Å². The molecule has 0 aliphatic carbocycles. The number of rotatable bonds is 15. The summed E-state index contributed by atoms with van der Waals surface area (Å²) < 4.78 is 32.8. The first-order chi connectivity index (χ1) is 12.2. The van der Waals surface area contributed by atoms with E-state index in [1.54, 1.807) is 0 Å². The van der Waals surface area contributed by atoms with Crippen molar-refractivity contribution in [1.82, 2.24) is 0 Å². The van der Waals surface area contributed by atoms with E-state index in [1.165, 1.54) is 25.7 Å². The molecule has 3 N–H and O–H groups in total. The van der Waals surface area contributed by atoms with Crippen LogP contribution in [0.5, 0.6) is 0 Å². The van der Waals surface area contributed by atoms with E-state index in [2.05, 4.69) is 19.1 Å². The van der Waals surface area contributed by atoms with Crippen LogP contribution in [-0.4, -0.2) is 39.8 Å². The molecule has 0 saturated carbocycles. The van der Waals surface area contributed by atoms with E-state index in [1.807, 2.05) is 0 Å². The van der Waals surface area contributed by atoms with Crippen LogP contribution < -0.4 is 51.4 Å². The SMILES string of the molecule is CCCCCCC(O)C/C=C\CCCCCCCC(=O)O.O=S(=O)([O-])O.[K+]. The van der Waals surface area contributed by atoms with Gasteiger partial charge in [0.1, 0.15) is 0 Å². The summed E-state index contributed by atoms with van der Waals surface area (Å²) in [6.45, 7) is 2.20. The van der Waals surface area contributed by atoms with Gasteiger partial charge in [0.15, 0.2) is 0 Å². The van der Waals surface area contributed by atoms with Gasteiger partial charge in [-0.1, -0.05) is 64.0 Å². The zero-order valence-electron chi connectivity index (χ0n) is 16.8. The van der Waals surface area contributed by atoms with Crippen molar-refractivity contribution in [2.24, 2.45) is 0 Å². The molecule has 1 atom stereocenters. The summed E-state index contributed by atoms with van der Waals surface area (Å²) in [5, 5.41) is 18.3. The second-order valence-corrected chi connectivity index (χ2v) is 7.19. The minimum atomic E-state index is -4.92. The molecular weight excluding hydrogens is 399 g/mol. The molecule has 0 heterocycles. The maximum absolute atomic E-state index is 10.3. The predicted octanol–water partition coefficient (Wildman–Crippen LogP) is 1.09. The van der Waals surface area contributed by atoms with Crippen molar-refractivity contribution in [2.45, 2.75) is 96.5 Å². The Morgan fingerprint density at radius 1 is 1.00 bits per heavy atom. The largest absolute Gasteiger partial charge is 1.00 e. The third-order valence-electron chi connectivity index (χ3n) is 3.73. The van der Waals surface area contributed by atoms with Crippen molar-refractivity contribution in [3.8, 4) is 0 Å². The van der Waals surface area contributed by atoms with Gasteiger partial charge in [-0.3, -0.25) is 9.35 Å². The van der Waals surface area contributed by atoms with Crippen LogP contribution in [0, 0.1) is 0 Å². The van der Waals surface area contributed by atoms with Crippen LogP contribution in [0.15, 0.2) is 12.2 Å². The monoisotopic (exact) mass is 434 g/mol. The molecule has 0 aromatic heterocycles. The molecule has 1 unspecified atom stereocenters. The van der Waals surface area contributed by atoms with Gasteiger partial charge in [-0.2, -0.15) is 0 Å². The topological polar surface area (TPSA) is 135 Å². The molecule has 0 rings (SSSR count). The van der Waals surface area contributed by atoms with Crippen molar-refractivity contribution in [2.75, 3.05) is 0 Å². The van der Waals surface area contributed by atoms with Crippen LogP contribution in [-0.2, 0) is 15.2 Å². The van der Waals surface area contributed by atoms with E-state index in [0.29, 0.717) is 6.42 Å². The molecule has 0 spiro atoms. The Kier molecular flexibility index (Phi) is 27.5. The van der Waals surface area contributed by atoms with Gasteiger partial charge >= 0.3 is 57.4 Å². The van der Waals surface area contributed by atoms with Crippen LogP contribution in [0.25, 0.3) is 0 Å². The number of allylic oxidation sites excluding steroid dienone is 1. The van der Waals surface area contributed by atoms with Crippen LogP contribution in [0.1, 0.15) is 90.4 Å². The maximum Gasteiger partial charge on any atom is 1.00 e. The minimum Gasteiger partial charge on any atom is -0.726 e. The maximum atomic E-state index is 10.3. The number of hydrogen-bond acceptors (Lipinski definition) is 5. The zero-order chi connectivity index (χ0) is 20.3. The molecule has 156 valence electrons. The standard InChI is InChI=1S/C18H34O3.K.H2O4S/c1-2-3-4-11-14-17(19)15-12-9-7-5-6-8-10-13-16-18(20)21;;1-5(2,3)4/h9,12,17,19H,2-8,10-11,13-16H2,1H3,(H,20,21);;(H2,1,2,3,4)/q;+1;/p-1/b12-9-;;. The van der Waals surface area contributed by atoms with Crippen molar-refractivity contribution < 1.29 is 83.9 Å². The van der Waals surface area contributed by atoms with E-state index < -0.39 is 16.4 Å². The molecule has 0 amide bonds. The summed E-state index contributed by atoms with van der Waals surface area (Å²) in [6.07, 6.45) is 17.4. The van der Waals surface area contributed by atoms with Crippen LogP contribution >= 0.6 is 0 Å². The van der Waals surface area contributed by atoms with Crippen LogP contribution in [0.4, 0.5) is 0 Å². The van der Waals surface area contributed by atoms with Crippen LogP contribution in [0.2, 0.25) is 0 Å². The summed E-state index contributed by atoms with van der Waals surface area (Å²) in [6, 6.07) is 0. The van der Waals surface area contributed by atoms with E-state index in [-0.39, 0.29) is 57.5 Å². The Morgan fingerprint density at radius 2 is 1.52 bits per heavy atom. The predicted molar refractivity (Wildman–Crippen MR) is 101 cm³/mol. The van der Waals surface area contributed by atoms with Gasteiger partial charge in [0.2, 0.25) is 10.4 Å². The molecule has 0 aliphatic rings. The molecule has 7 nitrogen and oxygen atoms in total. The minimum absolute atomic E-state index is 0. The third kappa shape index (κ3) is 42.0. The van der Waals surface area contributed by atoms with Crippen molar-refractivity contribution in [1.29, 1.82) is 0 Å². The Labute approximate surface area is 207 Å². The van der Waals surface area contributed by atoms with Gasteiger partial charge in [-0.05, 0) is 32.1 Å². The summed E-state index contributed by atoms with van der Waals surface area (Å²) in [4.78, 5) is 10.3. The first-order valence-electron chi connectivity index (χ1n) is 9.40. The summed E-state index contributed by atoms with van der Waals surface area (Å²) in [7, 11) is -4.92. The number of hydrogen-bond donors (Lipinski definition) is 3. The quantitative estimate of drug-likeness (QED) is 0.115. The van der Waals surface area contributed by atoms with E-state index in [4.69, 9.17) is 22.6 Å². The Bertz CT molecular complexity index is 445. The smallest absolute Gasteiger partial charge is 0.726 e. The van der Waals surface area contributed by atoms with Crippen molar-refractivity contribution in [3.05, 3.63) is 12.2 Å². The summed E-state index contributed by atoms with van der Waals surface area (Å²) in [5.41, 5.74) is 0. The molecule has 0 fully saturated rings. The number of aliphatic hydroxyl groups excluding tert-OH is 1. The number of aliphatic hydroxyl groups is 1. The molecule has 0 aromatic carbocycles. The fourth-order valence-corrected chi connectivity index (χ4v) is 2.36. The molecular formula is C18H35KO7S. The third-order valence-corrected chi connectivity index (χ3v) is 3.73.